The van der Waals surface area contributed by atoms with Gasteiger partial charge in [0.2, 0.25) is 5.12 Å². The van der Waals surface area contributed by atoms with Crippen LogP contribution in [0.15, 0.2) is 30.5 Å². The van der Waals surface area contributed by atoms with Gasteiger partial charge in [-0.05, 0) is 18.1 Å². The van der Waals surface area contributed by atoms with Gasteiger partial charge in [-0.25, -0.2) is 0 Å². The van der Waals surface area contributed by atoms with Crippen LogP contribution in [0.2, 0.25) is 0 Å². The minimum atomic E-state index is -0.194. The van der Waals surface area contributed by atoms with Crippen molar-refractivity contribution >= 4 is 28.1 Å². The summed E-state index contributed by atoms with van der Waals surface area (Å²) in [7, 11) is 0. The lowest BCUT2D eigenvalue weighted by atomic mass is 10.1. The summed E-state index contributed by atoms with van der Waals surface area (Å²) in [6.07, 6.45) is 2.94. The summed E-state index contributed by atoms with van der Waals surface area (Å²) in [6.45, 7) is 0. The Bertz CT molecular complexity index is 478. The third-order valence-corrected chi connectivity index (χ3v) is 2.78. The fourth-order valence-electron chi connectivity index (χ4n) is 1.62. The lowest BCUT2D eigenvalue weighted by Crippen LogP contribution is -1.93. The SMILES string of the molecule is O=C(CCc1c[nH]c2ccccc12)SO. The zero-order valence-electron chi connectivity index (χ0n) is 8.06. The molecule has 0 aliphatic rings. The molecule has 0 bridgehead atoms. The average molecular weight is 221 g/mol. The number of hydrogen-bond donors (Lipinski definition) is 2. The molecule has 2 N–H and O–H groups in total. The minimum absolute atomic E-state index is 0.194. The monoisotopic (exact) mass is 221 g/mol. The fourth-order valence-corrected chi connectivity index (χ4v) is 1.81. The number of nitrogens with one attached hydrogen (secondary N) is 1. The molecule has 1 aromatic carbocycles. The molecule has 2 aromatic rings. The van der Waals surface area contributed by atoms with Crippen LogP contribution in [0.1, 0.15) is 12.0 Å². The van der Waals surface area contributed by atoms with E-state index in [4.69, 9.17) is 4.55 Å². The molecule has 0 atom stereocenters. The van der Waals surface area contributed by atoms with Crippen LogP contribution in [0, 0.1) is 0 Å². The summed E-state index contributed by atoms with van der Waals surface area (Å²) in [5.74, 6) is 0. The maximum absolute atomic E-state index is 10.9. The highest BCUT2D eigenvalue weighted by molar-refractivity contribution is 8.08. The van der Waals surface area contributed by atoms with Crippen LogP contribution < -0.4 is 0 Å². The van der Waals surface area contributed by atoms with Crippen LogP contribution in [0.5, 0.6) is 0 Å². The van der Waals surface area contributed by atoms with Gasteiger partial charge in [0, 0.05) is 23.5 Å². The quantitative estimate of drug-likeness (QED) is 0.783. The molecule has 0 saturated carbocycles. The number of fused-ring (bicyclic) bond motifs is 1. The number of carbonyl (C=O) groups is 1. The van der Waals surface area contributed by atoms with E-state index >= 15 is 0 Å². The van der Waals surface area contributed by atoms with Gasteiger partial charge in [0.05, 0.1) is 12.0 Å². The molecule has 1 heterocycles. The Kier molecular flexibility index (Phi) is 3.08. The van der Waals surface area contributed by atoms with E-state index in [1.54, 1.807) is 0 Å². The van der Waals surface area contributed by atoms with E-state index in [1.165, 1.54) is 0 Å². The molecule has 0 fully saturated rings. The van der Waals surface area contributed by atoms with Crippen molar-refractivity contribution in [2.75, 3.05) is 0 Å². The summed E-state index contributed by atoms with van der Waals surface area (Å²) >= 11 is 0.303. The summed E-state index contributed by atoms with van der Waals surface area (Å²) in [5, 5.41) is 0.952. The van der Waals surface area contributed by atoms with Crippen molar-refractivity contribution in [2.24, 2.45) is 0 Å². The minimum Gasteiger partial charge on any atom is -0.361 e. The van der Waals surface area contributed by atoms with Crippen molar-refractivity contribution in [3.63, 3.8) is 0 Å². The standard InChI is InChI=1S/C11H11NO2S/c13-11(15-14)6-5-8-7-12-10-4-2-1-3-9(8)10/h1-4,7,12,14H,5-6H2. The molecule has 0 radical (unpaired) electrons. The maximum atomic E-state index is 10.9. The number of aromatic nitrogens is 1. The van der Waals surface area contributed by atoms with E-state index in [1.807, 2.05) is 30.5 Å². The van der Waals surface area contributed by atoms with Gasteiger partial charge in [0.25, 0.3) is 0 Å². The van der Waals surface area contributed by atoms with Crippen molar-refractivity contribution in [3.05, 3.63) is 36.0 Å². The number of aromatic amines is 1. The second kappa shape index (κ2) is 4.51. The predicted octanol–water partition coefficient (Wildman–Crippen LogP) is 2.83. The van der Waals surface area contributed by atoms with Gasteiger partial charge < -0.3 is 9.54 Å². The van der Waals surface area contributed by atoms with Crippen LogP contribution in [0.4, 0.5) is 0 Å². The first-order valence-corrected chi connectivity index (χ1v) is 5.48. The van der Waals surface area contributed by atoms with Crippen molar-refractivity contribution in [2.45, 2.75) is 12.8 Å². The van der Waals surface area contributed by atoms with Crippen molar-refractivity contribution < 1.29 is 9.35 Å². The number of hydrogen-bond acceptors (Lipinski definition) is 3. The molecule has 15 heavy (non-hydrogen) atoms. The van der Waals surface area contributed by atoms with Crippen LogP contribution in [-0.4, -0.2) is 14.7 Å². The second-order valence-corrected chi connectivity index (χ2v) is 3.96. The highest BCUT2D eigenvalue weighted by Crippen LogP contribution is 2.19. The Morgan fingerprint density at radius 3 is 3.00 bits per heavy atom. The molecule has 2 rings (SSSR count). The number of para-hydroxylation sites is 1. The average Bonchev–Trinajstić information content (AvgIpc) is 2.69. The van der Waals surface area contributed by atoms with E-state index in [9.17, 15) is 4.79 Å². The van der Waals surface area contributed by atoms with Crippen molar-refractivity contribution in [1.29, 1.82) is 0 Å². The number of rotatable bonds is 3. The normalized spacial score (nSPS) is 10.7. The molecular weight excluding hydrogens is 210 g/mol. The van der Waals surface area contributed by atoms with E-state index in [-0.39, 0.29) is 5.12 Å². The lowest BCUT2D eigenvalue weighted by molar-refractivity contribution is -0.111. The molecule has 78 valence electrons. The maximum Gasteiger partial charge on any atom is 0.215 e. The topological polar surface area (TPSA) is 53.1 Å². The van der Waals surface area contributed by atoms with Gasteiger partial charge in [-0.1, -0.05) is 18.2 Å². The van der Waals surface area contributed by atoms with Gasteiger partial charge in [0.15, 0.2) is 0 Å². The Balaban J connectivity index is 2.18. The van der Waals surface area contributed by atoms with Gasteiger partial charge >= 0.3 is 0 Å². The predicted molar refractivity (Wildman–Crippen MR) is 61.8 cm³/mol. The zero-order chi connectivity index (χ0) is 10.7. The number of benzene rings is 1. The smallest absolute Gasteiger partial charge is 0.215 e. The summed E-state index contributed by atoms with van der Waals surface area (Å²) in [6, 6.07) is 7.97. The first-order chi connectivity index (χ1) is 7.31. The van der Waals surface area contributed by atoms with Gasteiger partial charge in [-0.15, -0.1) is 0 Å². The van der Waals surface area contributed by atoms with Crippen LogP contribution in [0.25, 0.3) is 10.9 Å². The van der Waals surface area contributed by atoms with Crippen LogP contribution >= 0.6 is 12.0 Å². The largest absolute Gasteiger partial charge is 0.361 e. The highest BCUT2D eigenvalue weighted by Gasteiger charge is 2.06. The number of carbonyl (C=O) groups excluding carboxylic acids is 1. The van der Waals surface area contributed by atoms with Gasteiger partial charge in [0.1, 0.15) is 0 Å². The summed E-state index contributed by atoms with van der Waals surface area (Å²) < 4.78 is 8.54. The van der Waals surface area contributed by atoms with E-state index in [2.05, 4.69) is 4.98 Å². The Morgan fingerprint density at radius 1 is 1.40 bits per heavy atom. The highest BCUT2D eigenvalue weighted by atomic mass is 32.2. The summed E-state index contributed by atoms with van der Waals surface area (Å²) in [4.78, 5) is 14.1. The van der Waals surface area contributed by atoms with Crippen LogP contribution in [0.3, 0.4) is 0 Å². The van der Waals surface area contributed by atoms with Crippen molar-refractivity contribution in [1.82, 2.24) is 4.98 Å². The third kappa shape index (κ3) is 2.22. The second-order valence-electron chi connectivity index (χ2n) is 3.32. The molecule has 0 saturated heterocycles. The number of H-pyrrole nitrogens is 1. The summed E-state index contributed by atoms with van der Waals surface area (Å²) in [5.41, 5.74) is 2.20. The molecule has 0 aliphatic heterocycles. The third-order valence-electron chi connectivity index (χ3n) is 2.38. The van der Waals surface area contributed by atoms with Gasteiger partial charge in [-0.2, -0.15) is 0 Å². The molecule has 3 nitrogen and oxygen atoms in total. The fraction of sp³-hybridized carbons (Fsp3) is 0.182. The van der Waals surface area contributed by atoms with Crippen molar-refractivity contribution in [3.8, 4) is 0 Å². The molecule has 0 unspecified atom stereocenters. The first-order valence-electron chi connectivity index (χ1n) is 4.70. The molecule has 0 amide bonds. The Labute approximate surface area is 91.7 Å². The molecule has 4 heteroatoms. The first kappa shape index (κ1) is 10.3. The Morgan fingerprint density at radius 2 is 2.20 bits per heavy atom. The Hall–Kier alpha value is -1.26. The molecular formula is C11H11NO2S. The zero-order valence-corrected chi connectivity index (χ0v) is 8.88. The lowest BCUT2D eigenvalue weighted by Gasteiger charge is -1.96. The van der Waals surface area contributed by atoms with E-state index in [0.29, 0.717) is 24.9 Å². The van der Waals surface area contributed by atoms with E-state index in [0.717, 1.165) is 16.5 Å². The number of aryl methyl sites for hydroxylation is 1. The molecule has 1 aromatic heterocycles. The molecule has 0 aliphatic carbocycles. The van der Waals surface area contributed by atoms with Crippen LogP contribution in [-0.2, 0) is 11.2 Å². The molecule has 0 spiro atoms. The van der Waals surface area contributed by atoms with E-state index < -0.39 is 0 Å². The van der Waals surface area contributed by atoms with Gasteiger partial charge in [-0.3, -0.25) is 4.79 Å².